The average Bonchev–Trinajstić information content (AvgIpc) is 2.10. The topological polar surface area (TPSA) is 69.4 Å². The number of sulfone groups is 1. The number of hydrogen-bond donors (Lipinski definition) is 1. The van der Waals surface area contributed by atoms with Crippen LogP contribution >= 0.6 is 0 Å². The molecule has 1 rings (SSSR count). The first-order valence-electron chi connectivity index (χ1n) is 4.56. The molecule has 5 heteroatoms. The molecule has 0 spiro atoms. The van der Waals surface area contributed by atoms with Crippen LogP contribution in [0.1, 0.15) is 5.56 Å². The Kier molecular flexibility index (Phi) is 3.57. The maximum atomic E-state index is 10.9. The summed E-state index contributed by atoms with van der Waals surface area (Å²) in [6.45, 7) is 2.01. The van der Waals surface area contributed by atoms with E-state index in [9.17, 15) is 8.42 Å². The summed E-state index contributed by atoms with van der Waals surface area (Å²) in [6, 6.07) is 5.42. The Balaban J connectivity index is 2.62. The smallest absolute Gasteiger partial charge is 0.150 e. The van der Waals surface area contributed by atoms with Crippen LogP contribution in [0.3, 0.4) is 0 Å². The Bertz CT molecular complexity index is 440. The van der Waals surface area contributed by atoms with Gasteiger partial charge in [-0.25, -0.2) is 8.42 Å². The molecule has 0 fully saturated rings. The van der Waals surface area contributed by atoms with Gasteiger partial charge >= 0.3 is 0 Å². The Hall–Kier alpha value is -1.23. The molecule has 0 saturated carbocycles. The molecule has 1 aromatic rings. The summed E-state index contributed by atoms with van der Waals surface area (Å²) in [5.74, 6) is 0.541. The predicted molar refractivity (Wildman–Crippen MR) is 60.8 cm³/mol. The number of nitrogen functional groups attached to an aromatic ring is 1. The van der Waals surface area contributed by atoms with Crippen molar-refractivity contribution in [3.63, 3.8) is 0 Å². The van der Waals surface area contributed by atoms with E-state index in [1.807, 2.05) is 19.1 Å². The lowest BCUT2D eigenvalue weighted by Gasteiger charge is -2.09. The third kappa shape index (κ3) is 3.79. The van der Waals surface area contributed by atoms with Crippen LogP contribution in [-0.4, -0.2) is 27.0 Å². The van der Waals surface area contributed by atoms with Gasteiger partial charge in [-0.2, -0.15) is 0 Å². The van der Waals surface area contributed by atoms with Crippen LogP contribution in [0, 0.1) is 6.92 Å². The van der Waals surface area contributed by atoms with Crippen LogP contribution in [0.15, 0.2) is 18.2 Å². The Morgan fingerprint density at radius 1 is 1.40 bits per heavy atom. The normalized spacial score (nSPS) is 11.3. The molecule has 84 valence electrons. The number of aryl methyl sites for hydroxylation is 1. The van der Waals surface area contributed by atoms with E-state index in [1.54, 1.807) is 6.07 Å². The van der Waals surface area contributed by atoms with Gasteiger partial charge in [-0.15, -0.1) is 0 Å². The SMILES string of the molecule is Cc1cccc(OCCS(C)(=O)=O)c1N. The summed E-state index contributed by atoms with van der Waals surface area (Å²) in [7, 11) is -2.98. The zero-order valence-electron chi connectivity index (χ0n) is 8.86. The number of hydrogen-bond acceptors (Lipinski definition) is 4. The molecule has 0 aliphatic heterocycles. The average molecular weight is 229 g/mol. The van der Waals surface area contributed by atoms with Crippen LogP contribution < -0.4 is 10.5 Å². The molecule has 0 aliphatic rings. The van der Waals surface area contributed by atoms with Gasteiger partial charge in [0.15, 0.2) is 9.84 Å². The molecule has 0 heterocycles. The van der Waals surface area contributed by atoms with Crippen molar-refractivity contribution in [1.82, 2.24) is 0 Å². The maximum absolute atomic E-state index is 10.9. The second-order valence-electron chi connectivity index (χ2n) is 3.47. The predicted octanol–water partition coefficient (Wildman–Crippen LogP) is 1.00. The van der Waals surface area contributed by atoms with Gasteiger partial charge in [0.25, 0.3) is 0 Å². The van der Waals surface area contributed by atoms with Crippen LogP contribution in [0.2, 0.25) is 0 Å². The molecule has 1 aromatic carbocycles. The molecule has 0 aromatic heterocycles. The first-order valence-corrected chi connectivity index (χ1v) is 6.62. The molecule has 4 nitrogen and oxygen atoms in total. The van der Waals surface area contributed by atoms with Crippen molar-refractivity contribution < 1.29 is 13.2 Å². The van der Waals surface area contributed by atoms with Crippen molar-refractivity contribution in [3.05, 3.63) is 23.8 Å². The Morgan fingerprint density at radius 3 is 2.67 bits per heavy atom. The molecule has 0 radical (unpaired) electrons. The minimum absolute atomic E-state index is 0.000379. The van der Waals surface area contributed by atoms with Gasteiger partial charge in [0.05, 0.1) is 11.4 Å². The highest BCUT2D eigenvalue weighted by atomic mass is 32.2. The summed E-state index contributed by atoms with van der Waals surface area (Å²) < 4.78 is 27.0. The highest BCUT2D eigenvalue weighted by molar-refractivity contribution is 7.90. The quantitative estimate of drug-likeness (QED) is 0.782. The van der Waals surface area contributed by atoms with Crippen LogP contribution in [-0.2, 0) is 9.84 Å². The van der Waals surface area contributed by atoms with Crippen molar-refractivity contribution in [2.75, 3.05) is 24.3 Å². The van der Waals surface area contributed by atoms with Gasteiger partial charge < -0.3 is 10.5 Å². The van der Waals surface area contributed by atoms with Gasteiger partial charge in [0.1, 0.15) is 12.4 Å². The van der Waals surface area contributed by atoms with E-state index in [4.69, 9.17) is 10.5 Å². The highest BCUT2D eigenvalue weighted by Gasteiger charge is 2.05. The number of nitrogens with two attached hydrogens (primary N) is 1. The standard InChI is InChI=1S/C10H15NO3S/c1-8-4-3-5-9(10(8)11)14-6-7-15(2,12)13/h3-5H,6-7,11H2,1-2H3. The first-order chi connectivity index (χ1) is 6.90. The minimum atomic E-state index is -2.98. The number of benzene rings is 1. The molecular weight excluding hydrogens is 214 g/mol. The molecule has 0 unspecified atom stereocenters. The lowest BCUT2D eigenvalue weighted by atomic mass is 10.2. The van der Waals surface area contributed by atoms with E-state index in [0.717, 1.165) is 5.56 Å². The molecule has 0 amide bonds. The first kappa shape index (κ1) is 11.8. The highest BCUT2D eigenvalue weighted by Crippen LogP contribution is 2.24. The largest absolute Gasteiger partial charge is 0.490 e. The third-order valence-corrected chi connectivity index (χ3v) is 2.90. The van der Waals surface area contributed by atoms with Crippen LogP contribution in [0.25, 0.3) is 0 Å². The van der Waals surface area contributed by atoms with Crippen molar-refractivity contribution in [1.29, 1.82) is 0 Å². The number of anilines is 1. The lowest BCUT2D eigenvalue weighted by molar-refractivity contribution is 0.343. The zero-order valence-corrected chi connectivity index (χ0v) is 9.67. The van der Waals surface area contributed by atoms with Crippen molar-refractivity contribution in [2.45, 2.75) is 6.92 Å². The van der Waals surface area contributed by atoms with Crippen molar-refractivity contribution in [3.8, 4) is 5.75 Å². The fourth-order valence-electron chi connectivity index (χ4n) is 1.08. The van der Waals surface area contributed by atoms with E-state index in [2.05, 4.69) is 0 Å². The summed E-state index contributed by atoms with van der Waals surface area (Å²) in [5.41, 5.74) is 7.24. The van der Waals surface area contributed by atoms with Gasteiger partial charge in [-0.3, -0.25) is 0 Å². The maximum Gasteiger partial charge on any atom is 0.150 e. The van der Waals surface area contributed by atoms with E-state index in [1.165, 1.54) is 6.26 Å². The zero-order chi connectivity index (χ0) is 11.5. The van der Waals surface area contributed by atoms with Crippen LogP contribution in [0.4, 0.5) is 5.69 Å². The molecule has 0 saturated heterocycles. The van der Waals surface area contributed by atoms with Crippen molar-refractivity contribution >= 4 is 15.5 Å². The van der Waals surface area contributed by atoms with E-state index < -0.39 is 9.84 Å². The van der Waals surface area contributed by atoms with Gasteiger partial charge in [0, 0.05) is 6.26 Å². The van der Waals surface area contributed by atoms with Gasteiger partial charge in [-0.05, 0) is 18.6 Å². The molecular formula is C10H15NO3S. The molecule has 15 heavy (non-hydrogen) atoms. The molecule has 0 aliphatic carbocycles. The van der Waals surface area contributed by atoms with E-state index in [0.29, 0.717) is 11.4 Å². The fraction of sp³-hybridized carbons (Fsp3) is 0.400. The summed E-state index contributed by atoms with van der Waals surface area (Å²) in [6.07, 6.45) is 1.18. The fourth-order valence-corrected chi connectivity index (χ4v) is 1.47. The summed E-state index contributed by atoms with van der Waals surface area (Å²) in [5, 5.41) is 0. The minimum Gasteiger partial charge on any atom is -0.490 e. The molecule has 0 bridgehead atoms. The Labute approximate surface area is 90.0 Å². The van der Waals surface area contributed by atoms with E-state index in [-0.39, 0.29) is 12.4 Å². The lowest BCUT2D eigenvalue weighted by Crippen LogP contribution is -2.12. The Morgan fingerprint density at radius 2 is 2.07 bits per heavy atom. The second-order valence-corrected chi connectivity index (χ2v) is 5.72. The number of ether oxygens (including phenoxy) is 1. The van der Waals surface area contributed by atoms with Gasteiger partial charge in [0.2, 0.25) is 0 Å². The number of para-hydroxylation sites is 1. The summed E-state index contributed by atoms with van der Waals surface area (Å²) >= 11 is 0. The van der Waals surface area contributed by atoms with Crippen LogP contribution in [0.5, 0.6) is 5.75 Å². The summed E-state index contributed by atoms with van der Waals surface area (Å²) in [4.78, 5) is 0. The van der Waals surface area contributed by atoms with Crippen molar-refractivity contribution in [2.24, 2.45) is 0 Å². The molecule has 2 N–H and O–H groups in total. The number of rotatable bonds is 4. The van der Waals surface area contributed by atoms with Gasteiger partial charge in [-0.1, -0.05) is 12.1 Å². The molecule has 0 atom stereocenters. The second kappa shape index (κ2) is 4.53. The van der Waals surface area contributed by atoms with E-state index >= 15 is 0 Å². The monoisotopic (exact) mass is 229 g/mol. The third-order valence-electron chi connectivity index (χ3n) is 2.00.